The molecule has 5 heteroatoms. The molecule has 0 saturated heterocycles. The summed E-state index contributed by atoms with van der Waals surface area (Å²) >= 11 is 0. The number of ether oxygens (including phenoxy) is 2. The van der Waals surface area contributed by atoms with Gasteiger partial charge in [-0.3, -0.25) is 0 Å². The van der Waals surface area contributed by atoms with Crippen molar-refractivity contribution in [3.63, 3.8) is 0 Å². The number of methoxy groups -OCH3 is 2. The lowest BCUT2D eigenvalue weighted by Gasteiger charge is -2.12. The highest BCUT2D eigenvalue weighted by Crippen LogP contribution is 2.27. The molecule has 23 heavy (non-hydrogen) atoms. The Labute approximate surface area is 136 Å². The van der Waals surface area contributed by atoms with Gasteiger partial charge in [0, 0.05) is 12.2 Å². The number of amides is 2. The molecule has 2 amide bonds. The lowest BCUT2D eigenvalue weighted by atomic mass is 10.1. The van der Waals surface area contributed by atoms with Gasteiger partial charge in [0.25, 0.3) is 0 Å². The van der Waals surface area contributed by atoms with Gasteiger partial charge in [-0.1, -0.05) is 18.2 Å². The predicted octanol–water partition coefficient (Wildman–Crippen LogP) is 3.64. The quantitative estimate of drug-likeness (QED) is 0.886. The number of anilines is 1. The van der Waals surface area contributed by atoms with E-state index in [1.165, 1.54) is 0 Å². The van der Waals surface area contributed by atoms with Crippen LogP contribution in [0.25, 0.3) is 0 Å². The average Bonchev–Trinajstić information content (AvgIpc) is 2.56. The maximum absolute atomic E-state index is 12.0. The van der Waals surface area contributed by atoms with Gasteiger partial charge in [0.05, 0.1) is 14.2 Å². The van der Waals surface area contributed by atoms with Crippen molar-refractivity contribution < 1.29 is 14.3 Å². The van der Waals surface area contributed by atoms with Crippen LogP contribution in [-0.4, -0.2) is 20.3 Å². The minimum atomic E-state index is -0.242. The molecule has 0 aliphatic heterocycles. The van der Waals surface area contributed by atoms with Crippen LogP contribution in [0.3, 0.4) is 0 Å². The fourth-order valence-corrected chi connectivity index (χ4v) is 2.23. The first kappa shape index (κ1) is 16.7. The fourth-order valence-electron chi connectivity index (χ4n) is 2.23. The van der Waals surface area contributed by atoms with E-state index in [2.05, 4.69) is 10.6 Å². The van der Waals surface area contributed by atoms with Gasteiger partial charge in [-0.2, -0.15) is 0 Å². The zero-order valence-corrected chi connectivity index (χ0v) is 13.9. The summed E-state index contributed by atoms with van der Waals surface area (Å²) < 4.78 is 10.5. The van der Waals surface area contributed by atoms with Crippen molar-refractivity contribution in [2.45, 2.75) is 20.4 Å². The molecule has 0 atom stereocenters. The Kier molecular flexibility index (Phi) is 5.46. The number of hydrogen-bond donors (Lipinski definition) is 2. The van der Waals surface area contributed by atoms with Crippen LogP contribution in [-0.2, 0) is 6.54 Å². The average molecular weight is 314 g/mol. The highest BCUT2D eigenvalue weighted by molar-refractivity contribution is 5.90. The van der Waals surface area contributed by atoms with Crippen molar-refractivity contribution in [3.8, 4) is 11.5 Å². The number of carbonyl (C=O) groups excluding carboxylic acids is 1. The lowest BCUT2D eigenvalue weighted by molar-refractivity contribution is 0.251. The highest BCUT2D eigenvalue weighted by Gasteiger charge is 2.07. The van der Waals surface area contributed by atoms with Crippen LogP contribution in [0.5, 0.6) is 11.5 Å². The zero-order chi connectivity index (χ0) is 16.8. The molecule has 0 spiro atoms. The molecule has 2 aromatic rings. The van der Waals surface area contributed by atoms with Gasteiger partial charge >= 0.3 is 6.03 Å². The van der Waals surface area contributed by atoms with Gasteiger partial charge in [-0.05, 0) is 48.7 Å². The zero-order valence-electron chi connectivity index (χ0n) is 13.9. The predicted molar refractivity (Wildman–Crippen MR) is 91.3 cm³/mol. The van der Waals surface area contributed by atoms with Crippen LogP contribution in [0, 0.1) is 13.8 Å². The molecule has 2 N–H and O–H groups in total. The first-order chi connectivity index (χ1) is 11.0. The second-order valence-corrected chi connectivity index (χ2v) is 5.24. The van der Waals surface area contributed by atoms with Crippen LogP contribution in [0.2, 0.25) is 0 Å². The van der Waals surface area contributed by atoms with Crippen molar-refractivity contribution in [2.24, 2.45) is 0 Å². The summed E-state index contributed by atoms with van der Waals surface area (Å²) in [6.07, 6.45) is 0. The van der Waals surface area contributed by atoms with Crippen LogP contribution in [0.1, 0.15) is 16.7 Å². The summed E-state index contributed by atoms with van der Waals surface area (Å²) in [5, 5.41) is 5.70. The van der Waals surface area contributed by atoms with E-state index in [1.807, 2.05) is 50.2 Å². The summed E-state index contributed by atoms with van der Waals surface area (Å²) in [7, 11) is 3.18. The van der Waals surface area contributed by atoms with Gasteiger partial charge in [0.1, 0.15) is 0 Å². The maximum atomic E-state index is 12.0. The number of urea groups is 1. The summed E-state index contributed by atoms with van der Waals surface area (Å²) in [6.45, 7) is 4.40. The van der Waals surface area contributed by atoms with Crippen molar-refractivity contribution in [2.75, 3.05) is 19.5 Å². The van der Waals surface area contributed by atoms with Crippen LogP contribution < -0.4 is 20.1 Å². The first-order valence-corrected chi connectivity index (χ1v) is 7.37. The molecule has 0 unspecified atom stereocenters. The summed E-state index contributed by atoms with van der Waals surface area (Å²) in [6, 6.07) is 11.1. The van der Waals surface area contributed by atoms with Crippen molar-refractivity contribution in [3.05, 3.63) is 53.1 Å². The molecule has 0 heterocycles. The van der Waals surface area contributed by atoms with E-state index in [1.54, 1.807) is 14.2 Å². The molecular formula is C18H22N2O3. The van der Waals surface area contributed by atoms with Gasteiger partial charge in [-0.15, -0.1) is 0 Å². The largest absolute Gasteiger partial charge is 0.493 e. The van der Waals surface area contributed by atoms with Gasteiger partial charge in [0.2, 0.25) is 0 Å². The normalized spacial score (nSPS) is 10.1. The summed E-state index contributed by atoms with van der Waals surface area (Å²) in [5.74, 6) is 1.30. The topological polar surface area (TPSA) is 59.6 Å². The maximum Gasteiger partial charge on any atom is 0.319 e. The number of aryl methyl sites for hydroxylation is 1. The Morgan fingerprint density at radius 3 is 2.48 bits per heavy atom. The van der Waals surface area contributed by atoms with E-state index < -0.39 is 0 Å². The summed E-state index contributed by atoms with van der Waals surface area (Å²) in [5.41, 5.74) is 3.95. The van der Waals surface area contributed by atoms with E-state index in [0.717, 1.165) is 22.4 Å². The third kappa shape index (κ3) is 4.16. The number of carbonyl (C=O) groups is 1. The standard InChI is InChI=1S/C18H22N2O3/c1-12-6-5-7-15(13(12)2)20-18(21)19-11-14-8-9-16(22-3)17(10-14)23-4/h5-10H,11H2,1-4H3,(H2,19,20,21). The van der Waals surface area contributed by atoms with E-state index in [-0.39, 0.29) is 6.03 Å². The van der Waals surface area contributed by atoms with E-state index in [9.17, 15) is 4.79 Å². The molecule has 0 aromatic heterocycles. The Morgan fingerprint density at radius 1 is 1.04 bits per heavy atom. The molecule has 0 bridgehead atoms. The summed E-state index contributed by atoms with van der Waals surface area (Å²) in [4.78, 5) is 12.0. The van der Waals surface area contributed by atoms with E-state index in [0.29, 0.717) is 18.0 Å². The minimum absolute atomic E-state index is 0.242. The molecule has 2 rings (SSSR count). The van der Waals surface area contributed by atoms with Crippen LogP contribution in [0.15, 0.2) is 36.4 Å². The van der Waals surface area contributed by atoms with Crippen molar-refractivity contribution in [1.82, 2.24) is 5.32 Å². The van der Waals surface area contributed by atoms with Crippen LogP contribution in [0.4, 0.5) is 10.5 Å². The molecule has 0 aliphatic carbocycles. The molecule has 0 aliphatic rings. The molecule has 0 fully saturated rings. The lowest BCUT2D eigenvalue weighted by Crippen LogP contribution is -2.28. The fraction of sp³-hybridized carbons (Fsp3) is 0.278. The number of rotatable bonds is 5. The number of hydrogen-bond acceptors (Lipinski definition) is 3. The Hall–Kier alpha value is -2.69. The second kappa shape index (κ2) is 7.54. The molecule has 5 nitrogen and oxygen atoms in total. The Balaban J connectivity index is 1.98. The second-order valence-electron chi connectivity index (χ2n) is 5.24. The smallest absolute Gasteiger partial charge is 0.319 e. The molecule has 2 aromatic carbocycles. The van der Waals surface area contributed by atoms with Gasteiger partial charge in [-0.25, -0.2) is 4.79 Å². The molecule has 122 valence electrons. The Bertz CT molecular complexity index is 699. The van der Waals surface area contributed by atoms with E-state index in [4.69, 9.17) is 9.47 Å². The minimum Gasteiger partial charge on any atom is -0.493 e. The molecule has 0 saturated carbocycles. The first-order valence-electron chi connectivity index (χ1n) is 7.37. The Morgan fingerprint density at radius 2 is 1.78 bits per heavy atom. The van der Waals surface area contributed by atoms with Gasteiger partial charge < -0.3 is 20.1 Å². The van der Waals surface area contributed by atoms with E-state index >= 15 is 0 Å². The number of benzene rings is 2. The molecular weight excluding hydrogens is 292 g/mol. The molecule has 0 radical (unpaired) electrons. The third-order valence-corrected chi connectivity index (χ3v) is 3.75. The SMILES string of the molecule is COc1ccc(CNC(=O)Nc2cccc(C)c2C)cc1OC. The highest BCUT2D eigenvalue weighted by atomic mass is 16.5. The third-order valence-electron chi connectivity index (χ3n) is 3.75. The van der Waals surface area contributed by atoms with Crippen molar-refractivity contribution >= 4 is 11.7 Å². The monoisotopic (exact) mass is 314 g/mol. The van der Waals surface area contributed by atoms with Gasteiger partial charge in [0.15, 0.2) is 11.5 Å². The van der Waals surface area contributed by atoms with Crippen LogP contribution >= 0.6 is 0 Å². The number of nitrogens with one attached hydrogen (secondary N) is 2. The van der Waals surface area contributed by atoms with Crippen molar-refractivity contribution in [1.29, 1.82) is 0 Å².